The van der Waals surface area contributed by atoms with Gasteiger partial charge in [0.25, 0.3) is 11.8 Å². The number of carbonyl (C=O) groups excluding carboxylic acids is 2. The summed E-state index contributed by atoms with van der Waals surface area (Å²) in [5.74, 6) is -2.70. The number of pyridine rings is 1. The Bertz CT molecular complexity index is 1070. The molecule has 8 nitrogen and oxygen atoms in total. The van der Waals surface area contributed by atoms with Gasteiger partial charge in [0.2, 0.25) is 5.43 Å². The predicted molar refractivity (Wildman–Crippen MR) is 100 cm³/mol. The van der Waals surface area contributed by atoms with Crippen LogP contribution >= 0.6 is 11.6 Å². The Morgan fingerprint density at radius 1 is 1.38 bits per heavy atom. The fourth-order valence-electron chi connectivity index (χ4n) is 3.49. The number of benzene rings is 1. The van der Waals surface area contributed by atoms with Crippen molar-refractivity contribution in [2.24, 2.45) is 0 Å². The highest BCUT2D eigenvalue weighted by Gasteiger charge is 2.38. The molecule has 4 rings (SSSR count). The highest BCUT2D eigenvalue weighted by Crippen LogP contribution is 2.26. The molecule has 0 saturated carbocycles. The zero-order valence-corrected chi connectivity index (χ0v) is 15.9. The molecule has 1 aromatic heterocycles. The zero-order chi connectivity index (χ0) is 20.7. The Balaban J connectivity index is 1.61. The number of nitrogens with zero attached hydrogens (tertiary/aromatic N) is 2. The lowest BCUT2D eigenvalue weighted by Gasteiger charge is -2.40. The Morgan fingerprint density at radius 3 is 2.93 bits per heavy atom. The van der Waals surface area contributed by atoms with E-state index in [2.05, 4.69) is 5.32 Å². The van der Waals surface area contributed by atoms with Gasteiger partial charge >= 0.3 is 0 Å². The van der Waals surface area contributed by atoms with E-state index < -0.39 is 35.0 Å². The van der Waals surface area contributed by atoms with Crippen LogP contribution < -0.4 is 10.7 Å². The summed E-state index contributed by atoms with van der Waals surface area (Å²) in [4.78, 5) is 39.1. The van der Waals surface area contributed by atoms with Crippen molar-refractivity contribution >= 4 is 23.4 Å². The predicted octanol–water partition coefficient (Wildman–Crippen LogP) is 1.48. The third-order valence-corrected chi connectivity index (χ3v) is 5.21. The minimum absolute atomic E-state index is 0.169. The summed E-state index contributed by atoms with van der Waals surface area (Å²) < 4.78 is 20.8. The molecule has 29 heavy (non-hydrogen) atoms. The Morgan fingerprint density at radius 2 is 2.17 bits per heavy atom. The molecule has 3 heterocycles. The smallest absolute Gasteiger partial charge is 0.276 e. The van der Waals surface area contributed by atoms with Crippen LogP contribution in [0.4, 0.5) is 4.39 Å². The summed E-state index contributed by atoms with van der Waals surface area (Å²) in [7, 11) is 0. The fourth-order valence-corrected chi connectivity index (χ4v) is 3.65. The van der Waals surface area contributed by atoms with Crippen LogP contribution in [0.1, 0.15) is 32.8 Å². The van der Waals surface area contributed by atoms with Crippen molar-refractivity contribution in [2.75, 3.05) is 13.2 Å². The van der Waals surface area contributed by atoms with Gasteiger partial charge < -0.3 is 24.6 Å². The number of hydrogen-bond donors (Lipinski definition) is 2. The van der Waals surface area contributed by atoms with Crippen LogP contribution in [0, 0.1) is 5.82 Å². The molecular weight excluding hydrogens is 405 g/mol. The van der Waals surface area contributed by atoms with Crippen LogP contribution in [0.3, 0.4) is 0 Å². The molecule has 2 amide bonds. The van der Waals surface area contributed by atoms with Gasteiger partial charge in [-0.05, 0) is 18.6 Å². The second-order valence-corrected chi connectivity index (χ2v) is 7.25. The van der Waals surface area contributed by atoms with Gasteiger partial charge in [-0.25, -0.2) is 4.39 Å². The lowest BCUT2D eigenvalue weighted by molar-refractivity contribution is -0.0920. The van der Waals surface area contributed by atoms with Crippen molar-refractivity contribution < 1.29 is 23.8 Å². The summed E-state index contributed by atoms with van der Waals surface area (Å²) in [5.41, 5.74) is -1.30. The topological polar surface area (TPSA) is 101 Å². The molecular formula is C19H17ClFN3O5. The van der Waals surface area contributed by atoms with E-state index in [-0.39, 0.29) is 34.9 Å². The highest BCUT2D eigenvalue weighted by atomic mass is 35.5. The maximum atomic E-state index is 13.9. The van der Waals surface area contributed by atoms with Crippen LogP contribution in [0.25, 0.3) is 0 Å². The summed E-state index contributed by atoms with van der Waals surface area (Å²) >= 11 is 5.70. The molecule has 2 aliphatic heterocycles. The zero-order valence-electron chi connectivity index (χ0n) is 15.2. The summed E-state index contributed by atoms with van der Waals surface area (Å²) in [6, 6.07) is 4.01. The molecule has 0 bridgehead atoms. The lowest BCUT2D eigenvalue weighted by Crippen LogP contribution is -2.53. The SMILES string of the molecule is O=C(NCc1ccc(Cl)cc1F)c1cn2c(c(O)c1=O)C(=O)N1CCCOC1C2. The highest BCUT2D eigenvalue weighted by molar-refractivity contribution is 6.30. The molecule has 0 aliphatic carbocycles. The number of hydrogen-bond acceptors (Lipinski definition) is 5. The third-order valence-electron chi connectivity index (χ3n) is 4.97. The van der Waals surface area contributed by atoms with Crippen molar-refractivity contribution in [3.8, 4) is 5.75 Å². The number of carbonyl (C=O) groups is 2. The summed E-state index contributed by atoms with van der Waals surface area (Å²) in [6.07, 6.45) is 1.36. The van der Waals surface area contributed by atoms with E-state index in [1.165, 1.54) is 27.8 Å². The maximum absolute atomic E-state index is 13.9. The average molecular weight is 422 g/mol. The fraction of sp³-hybridized carbons (Fsp3) is 0.316. The van der Waals surface area contributed by atoms with Crippen molar-refractivity contribution in [1.29, 1.82) is 0 Å². The largest absolute Gasteiger partial charge is 0.503 e. The van der Waals surface area contributed by atoms with Crippen molar-refractivity contribution in [1.82, 2.24) is 14.8 Å². The monoisotopic (exact) mass is 421 g/mol. The van der Waals surface area contributed by atoms with Gasteiger partial charge in [-0.2, -0.15) is 0 Å². The molecule has 2 N–H and O–H groups in total. The molecule has 1 saturated heterocycles. The van der Waals surface area contributed by atoms with Crippen LogP contribution in [-0.2, 0) is 17.8 Å². The van der Waals surface area contributed by atoms with Gasteiger partial charge in [0.05, 0.1) is 13.2 Å². The van der Waals surface area contributed by atoms with Gasteiger partial charge in [0.15, 0.2) is 17.7 Å². The number of aromatic nitrogens is 1. The van der Waals surface area contributed by atoms with Crippen LogP contribution in [0.5, 0.6) is 5.75 Å². The molecule has 1 atom stereocenters. The number of amides is 2. The number of fused-ring (bicyclic) bond motifs is 2. The van der Waals surface area contributed by atoms with Gasteiger partial charge in [0.1, 0.15) is 11.4 Å². The van der Waals surface area contributed by atoms with Crippen molar-refractivity contribution in [3.63, 3.8) is 0 Å². The number of rotatable bonds is 3. The molecule has 0 radical (unpaired) electrons. The van der Waals surface area contributed by atoms with E-state index in [4.69, 9.17) is 16.3 Å². The Labute approximate surface area is 169 Å². The average Bonchev–Trinajstić information content (AvgIpc) is 2.70. The number of aromatic hydroxyl groups is 1. The quantitative estimate of drug-likeness (QED) is 0.781. The minimum atomic E-state index is -0.963. The first-order valence-corrected chi connectivity index (χ1v) is 9.35. The normalized spacial score (nSPS) is 18.2. The van der Waals surface area contributed by atoms with E-state index in [9.17, 15) is 23.9 Å². The van der Waals surface area contributed by atoms with Gasteiger partial charge in [-0.1, -0.05) is 17.7 Å². The first-order chi connectivity index (χ1) is 13.9. The van der Waals surface area contributed by atoms with E-state index >= 15 is 0 Å². The minimum Gasteiger partial charge on any atom is -0.503 e. The van der Waals surface area contributed by atoms with Crippen LogP contribution in [0.2, 0.25) is 5.02 Å². The summed E-state index contributed by atoms with van der Waals surface area (Å²) in [6.45, 7) is 0.964. The second kappa shape index (κ2) is 7.49. The number of ether oxygens (including phenoxy) is 1. The van der Waals surface area contributed by atoms with E-state index in [1.54, 1.807) is 0 Å². The van der Waals surface area contributed by atoms with Gasteiger partial charge in [0, 0.05) is 29.9 Å². The summed E-state index contributed by atoms with van der Waals surface area (Å²) in [5, 5.41) is 13.0. The standard InChI is InChI=1S/C19H17ClFN3O5/c20-11-3-2-10(13(21)6-11)7-22-18(27)12-8-23-9-14-24(4-1-5-29-14)19(28)15(23)17(26)16(12)25/h2-3,6,8,14,26H,1,4-5,7,9H2,(H,22,27). The number of nitrogens with one attached hydrogen (secondary N) is 1. The molecule has 10 heteroatoms. The first-order valence-electron chi connectivity index (χ1n) is 8.98. The molecule has 1 unspecified atom stereocenters. The van der Waals surface area contributed by atoms with Crippen molar-refractivity contribution in [2.45, 2.75) is 25.7 Å². The molecule has 0 spiro atoms. The Kier molecular flexibility index (Phi) is 5.01. The molecule has 2 aliphatic rings. The molecule has 152 valence electrons. The van der Waals surface area contributed by atoms with Crippen LogP contribution in [-0.4, -0.2) is 45.8 Å². The Hall–Kier alpha value is -2.91. The molecule has 2 aromatic rings. The number of halogens is 2. The molecule has 1 aromatic carbocycles. The van der Waals surface area contributed by atoms with E-state index in [0.717, 1.165) is 6.07 Å². The maximum Gasteiger partial charge on any atom is 0.276 e. The van der Waals surface area contributed by atoms with Crippen LogP contribution in [0.15, 0.2) is 29.2 Å². The second-order valence-electron chi connectivity index (χ2n) is 6.82. The first kappa shape index (κ1) is 19.4. The van der Waals surface area contributed by atoms with E-state index in [1.807, 2.05) is 0 Å². The van der Waals surface area contributed by atoms with E-state index in [0.29, 0.717) is 19.6 Å². The molecule has 1 fully saturated rings. The van der Waals surface area contributed by atoms with Gasteiger partial charge in [-0.15, -0.1) is 0 Å². The lowest BCUT2D eigenvalue weighted by atomic mass is 10.1. The van der Waals surface area contributed by atoms with Crippen molar-refractivity contribution in [3.05, 3.63) is 62.3 Å². The third kappa shape index (κ3) is 3.47. The van der Waals surface area contributed by atoms with Gasteiger partial charge in [-0.3, -0.25) is 14.4 Å².